The molecule has 1 N–H and O–H groups in total. The Morgan fingerprint density at radius 2 is 1.92 bits per heavy atom. The van der Waals surface area contributed by atoms with Gasteiger partial charge in [0.1, 0.15) is 5.82 Å². The van der Waals surface area contributed by atoms with Crippen LogP contribution in [0.3, 0.4) is 0 Å². The van der Waals surface area contributed by atoms with Crippen LogP contribution in [-0.2, 0) is 6.42 Å². The number of pyridine rings is 1. The molecule has 25 heavy (non-hydrogen) atoms. The average molecular weight is 336 g/mol. The molecule has 4 heteroatoms. The molecule has 128 valence electrons. The fourth-order valence-electron chi connectivity index (χ4n) is 2.99. The number of rotatable bonds is 4. The quantitative estimate of drug-likeness (QED) is 0.769. The van der Waals surface area contributed by atoms with Crippen molar-refractivity contribution in [2.45, 2.75) is 33.2 Å². The van der Waals surface area contributed by atoms with E-state index in [1.807, 2.05) is 19.1 Å². The van der Waals surface area contributed by atoms with Gasteiger partial charge in [0.2, 0.25) is 0 Å². The molecular formula is C21H21FN2O. The van der Waals surface area contributed by atoms with Gasteiger partial charge in [-0.3, -0.25) is 9.78 Å². The molecule has 0 aliphatic carbocycles. The largest absolute Gasteiger partial charge is 0.349 e. The van der Waals surface area contributed by atoms with Gasteiger partial charge in [-0.1, -0.05) is 24.3 Å². The van der Waals surface area contributed by atoms with Gasteiger partial charge in [-0.15, -0.1) is 0 Å². The summed E-state index contributed by atoms with van der Waals surface area (Å²) in [5.41, 5.74) is 4.12. The molecule has 2 aromatic carbocycles. The second-order valence-corrected chi connectivity index (χ2v) is 6.46. The van der Waals surface area contributed by atoms with Crippen LogP contribution in [-0.4, -0.2) is 16.9 Å². The first-order chi connectivity index (χ1) is 11.9. The highest BCUT2D eigenvalue weighted by Crippen LogP contribution is 2.18. The molecule has 0 fully saturated rings. The number of nitrogens with one attached hydrogen (secondary N) is 1. The summed E-state index contributed by atoms with van der Waals surface area (Å²) in [5.74, 6) is -0.485. The minimum atomic E-state index is -0.330. The molecule has 1 heterocycles. The van der Waals surface area contributed by atoms with Crippen molar-refractivity contribution in [3.8, 4) is 0 Å². The number of fused-ring (bicyclic) bond motifs is 1. The fourth-order valence-corrected chi connectivity index (χ4v) is 2.99. The van der Waals surface area contributed by atoms with Crippen LogP contribution in [0.2, 0.25) is 0 Å². The van der Waals surface area contributed by atoms with E-state index in [1.54, 1.807) is 19.1 Å². The van der Waals surface area contributed by atoms with Gasteiger partial charge in [0.05, 0.1) is 16.8 Å². The van der Waals surface area contributed by atoms with Gasteiger partial charge in [-0.05, 0) is 56.5 Å². The minimum absolute atomic E-state index is 0.00286. The normalized spacial score (nSPS) is 12.2. The number of benzene rings is 2. The van der Waals surface area contributed by atoms with Crippen LogP contribution >= 0.6 is 0 Å². The topological polar surface area (TPSA) is 42.0 Å². The van der Waals surface area contributed by atoms with Gasteiger partial charge in [-0.25, -0.2) is 4.39 Å². The van der Waals surface area contributed by atoms with E-state index >= 15 is 0 Å². The summed E-state index contributed by atoms with van der Waals surface area (Å²) in [6.45, 7) is 5.83. The van der Waals surface area contributed by atoms with Crippen LogP contribution in [0, 0.1) is 19.7 Å². The third-order valence-corrected chi connectivity index (χ3v) is 4.38. The zero-order valence-electron chi connectivity index (χ0n) is 14.6. The first-order valence-corrected chi connectivity index (χ1v) is 8.36. The van der Waals surface area contributed by atoms with Crippen LogP contribution in [0.4, 0.5) is 4.39 Å². The van der Waals surface area contributed by atoms with Crippen molar-refractivity contribution in [2.75, 3.05) is 0 Å². The van der Waals surface area contributed by atoms with Gasteiger partial charge in [0.15, 0.2) is 0 Å². The summed E-state index contributed by atoms with van der Waals surface area (Å²) < 4.78 is 13.3. The Bertz CT molecular complexity index is 936. The summed E-state index contributed by atoms with van der Waals surface area (Å²) in [7, 11) is 0. The molecule has 0 spiro atoms. The van der Waals surface area contributed by atoms with E-state index in [2.05, 4.69) is 29.4 Å². The molecule has 3 nitrogen and oxygen atoms in total. The number of amides is 1. The third-order valence-electron chi connectivity index (χ3n) is 4.38. The molecule has 0 bridgehead atoms. The molecule has 1 amide bonds. The zero-order chi connectivity index (χ0) is 18.0. The fraction of sp³-hybridized carbons (Fsp3) is 0.238. The van der Waals surface area contributed by atoms with Gasteiger partial charge in [0.25, 0.3) is 5.91 Å². The first-order valence-electron chi connectivity index (χ1n) is 8.36. The van der Waals surface area contributed by atoms with Crippen LogP contribution in [0.1, 0.15) is 34.1 Å². The summed E-state index contributed by atoms with van der Waals surface area (Å²) in [6, 6.07) is 14.3. The predicted octanol–water partition coefficient (Wildman–Crippen LogP) is 4.35. The molecule has 0 saturated carbocycles. The van der Waals surface area contributed by atoms with Crippen LogP contribution < -0.4 is 5.32 Å². The summed E-state index contributed by atoms with van der Waals surface area (Å²) in [6.07, 6.45) is 0.768. The third kappa shape index (κ3) is 3.85. The van der Waals surface area contributed by atoms with Crippen molar-refractivity contribution < 1.29 is 9.18 Å². The maximum atomic E-state index is 13.3. The lowest BCUT2D eigenvalue weighted by Crippen LogP contribution is -2.34. The molecule has 3 aromatic rings. The van der Waals surface area contributed by atoms with Crippen molar-refractivity contribution in [2.24, 2.45) is 0 Å². The summed E-state index contributed by atoms with van der Waals surface area (Å²) in [4.78, 5) is 17.0. The number of carbonyl (C=O) groups excluding carboxylic acids is 1. The lowest BCUT2D eigenvalue weighted by atomic mass is 10.0. The molecule has 3 rings (SSSR count). The lowest BCUT2D eigenvalue weighted by Gasteiger charge is -2.16. The molecule has 0 saturated heterocycles. The van der Waals surface area contributed by atoms with Crippen molar-refractivity contribution in [3.63, 3.8) is 0 Å². The van der Waals surface area contributed by atoms with Crippen LogP contribution in [0.5, 0.6) is 0 Å². The van der Waals surface area contributed by atoms with Gasteiger partial charge in [-0.2, -0.15) is 0 Å². The average Bonchev–Trinajstić information content (AvgIpc) is 2.56. The molecule has 1 aromatic heterocycles. The number of halogens is 1. The minimum Gasteiger partial charge on any atom is -0.349 e. The predicted molar refractivity (Wildman–Crippen MR) is 98.2 cm³/mol. The Balaban J connectivity index is 1.78. The number of nitrogens with zero attached hydrogens (tertiary/aromatic N) is 1. The smallest absolute Gasteiger partial charge is 0.253 e. The Morgan fingerprint density at radius 3 is 2.68 bits per heavy atom. The molecule has 0 aliphatic rings. The van der Waals surface area contributed by atoms with E-state index in [1.165, 1.54) is 23.3 Å². The second-order valence-electron chi connectivity index (χ2n) is 6.46. The van der Waals surface area contributed by atoms with E-state index < -0.39 is 0 Å². The number of hydrogen-bond acceptors (Lipinski definition) is 2. The summed E-state index contributed by atoms with van der Waals surface area (Å²) >= 11 is 0. The Hall–Kier alpha value is -2.75. The van der Waals surface area contributed by atoms with Crippen LogP contribution in [0.25, 0.3) is 10.9 Å². The Morgan fingerprint density at radius 1 is 1.16 bits per heavy atom. The Labute approximate surface area is 146 Å². The zero-order valence-corrected chi connectivity index (χ0v) is 14.6. The molecular weight excluding hydrogens is 315 g/mol. The maximum Gasteiger partial charge on any atom is 0.253 e. The highest BCUT2D eigenvalue weighted by molar-refractivity contribution is 5.98. The first kappa shape index (κ1) is 17.1. The van der Waals surface area contributed by atoms with E-state index in [-0.39, 0.29) is 17.8 Å². The van der Waals surface area contributed by atoms with E-state index in [0.29, 0.717) is 16.8 Å². The summed E-state index contributed by atoms with van der Waals surface area (Å²) in [5, 5.41) is 3.79. The standard InChI is InChI=1S/C21H21FN2O/c1-13-6-4-5-7-16(13)10-14(2)23-21(25)19-11-17-8-9-18(22)12-20(17)24-15(19)3/h4-9,11-12,14H,10H2,1-3H3,(H,23,25)/t14-/m0/s1. The van der Waals surface area contributed by atoms with Crippen molar-refractivity contribution in [1.29, 1.82) is 0 Å². The van der Waals surface area contributed by atoms with E-state index in [4.69, 9.17) is 0 Å². The SMILES string of the molecule is Cc1ccccc1C[C@H](C)NC(=O)c1cc2ccc(F)cc2nc1C. The number of aromatic nitrogens is 1. The number of carbonyl (C=O) groups is 1. The molecule has 0 unspecified atom stereocenters. The highest BCUT2D eigenvalue weighted by atomic mass is 19.1. The maximum absolute atomic E-state index is 13.3. The van der Waals surface area contributed by atoms with E-state index in [9.17, 15) is 9.18 Å². The molecule has 0 radical (unpaired) electrons. The number of aryl methyl sites for hydroxylation is 2. The van der Waals surface area contributed by atoms with Crippen molar-refractivity contribution >= 4 is 16.8 Å². The van der Waals surface area contributed by atoms with Crippen molar-refractivity contribution in [3.05, 3.63) is 76.7 Å². The van der Waals surface area contributed by atoms with Gasteiger partial charge >= 0.3 is 0 Å². The van der Waals surface area contributed by atoms with Gasteiger partial charge < -0.3 is 5.32 Å². The molecule has 1 atom stereocenters. The Kier molecular flexibility index (Phi) is 4.79. The highest BCUT2D eigenvalue weighted by Gasteiger charge is 2.15. The van der Waals surface area contributed by atoms with Gasteiger partial charge in [0, 0.05) is 17.5 Å². The van der Waals surface area contributed by atoms with E-state index in [0.717, 1.165) is 11.8 Å². The molecule has 0 aliphatic heterocycles. The lowest BCUT2D eigenvalue weighted by molar-refractivity contribution is 0.0939. The van der Waals surface area contributed by atoms with Crippen molar-refractivity contribution in [1.82, 2.24) is 10.3 Å². The number of hydrogen-bond donors (Lipinski definition) is 1. The van der Waals surface area contributed by atoms with Crippen LogP contribution in [0.15, 0.2) is 48.5 Å². The monoisotopic (exact) mass is 336 g/mol. The second kappa shape index (κ2) is 7.01.